The molecule has 0 aromatic carbocycles. The number of amides is 1. The van der Waals surface area contributed by atoms with Crippen molar-refractivity contribution in [3.8, 4) is 0 Å². The number of alkyl halides is 1. The van der Waals surface area contributed by atoms with E-state index in [1.807, 2.05) is 0 Å². The van der Waals surface area contributed by atoms with E-state index in [0.29, 0.717) is 16.7 Å². The number of nitrogens with zero attached hydrogens (tertiary/aromatic N) is 1. The molecule has 1 aliphatic carbocycles. The van der Waals surface area contributed by atoms with Gasteiger partial charge in [-0.05, 0) is 36.5 Å². The van der Waals surface area contributed by atoms with Crippen molar-refractivity contribution >= 4 is 21.8 Å². The molecular formula is C13H22BrNO. The Morgan fingerprint density at radius 3 is 2.50 bits per heavy atom. The summed E-state index contributed by atoms with van der Waals surface area (Å²) < 4.78 is 0. The van der Waals surface area contributed by atoms with Gasteiger partial charge in [-0.1, -0.05) is 29.8 Å². The average Bonchev–Trinajstić information content (AvgIpc) is 3.02. The Labute approximate surface area is 107 Å². The molecule has 2 aliphatic rings. The van der Waals surface area contributed by atoms with Crippen molar-refractivity contribution in [2.75, 3.05) is 18.4 Å². The van der Waals surface area contributed by atoms with E-state index in [1.165, 1.54) is 12.8 Å². The van der Waals surface area contributed by atoms with Gasteiger partial charge in [-0.3, -0.25) is 4.79 Å². The third-order valence-corrected chi connectivity index (χ3v) is 5.38. The number of halogens is 1. The molecule has 0 aromatic heterocycles. The summed E-state index contributed by atoms with van der Waals surface area (Å²) in [4.78, 5) is 14.1. The van der Waals surface area contributed by atoms with Crippen molar-refractivity contribution in [1.29, 1.82) is 0 Å². The fourth-order valence-electron chi connectivity index (χ4n) is 2.37. The van der Waals surface area contributed by atoms with Crippen LogP contribution in [0, 0.1) is 10.8 Å². The van der Waals surface area contributed by atoms with Crippen LogP contribution >= 0.6 is 15.9 Å². The van der Waals surface area contributed by atoms with E-state index in [1.54, 1.807) is 0 Å². The lowest BCUT2D eigenvalue weighted by molar-refractivity contribution is -0.131. The van der Waals surface area contributed by atoms with Crippen LogP contribution in [0.25, 0.3) is 0 Å². The lowest BCUT2D eigenvalue weighted by Crippen LogP contribution is -2.36. The molecule has 92 valence electrons. The normalized spacial score (nSPS) is 27.7. The van der Waals surface area contributed by atoms with Crippen molar-refractivity contribution < 1.29 is 4.79 Å². The molecule has 0 bridgehead atoms. The summed E-state index contributed by atoms with van der Waals surface area (Å²) in [7, 11) is 0. The van der Waals surface area contributed by atoms with Gasteiger partial charge in [0.15, 0.2) is 0 Å². The van der Waals surface area contributed by atoms with Gasteiger partial charge in [0.1, 0.15) is 0 Å². The molecule has 16 heavy (non-hydrogen) atoms. The first kappa shape index (κ1) is 12.4. The molecule has 0 radical (unpaired) electrons. The highest BCUT2D eigenvalue weighted by atomic mass is 79.9. The first-order valence-electron chi connectivity index (χ1n) is 6.30. The molecule has 1 saturated heterocycles. The van der Waals surface area contributed by atoms with Crippen molar-refractivity contribution in [3.63, 3.8) is 0 Å². The van der Waals surface area contributed by atoms with Crippen LogP contribution in [0.4, 0.5) is 0 Å². The number of carbonyl (C=O) groups excluding carboxylic acids is 1. The molecule has 0 N–H and O–H groups in total. The van der Waals surface area contributed by atoms with Crippen LogP contribution < -0.4 is 0 Å². The predicted molar refractivity (Wildman–Crippen MR) is 69.7 cm³/mol. The van der Waals surface area contributed by atoms with E-state index in [4.69, 9.17) is 0 Å². The maximum atomic E-state index is 12.0. The molecule has 2 fully saturated rings. The summed E-state index contributed by atoms with van der Waals surface area (Å²) in [5, 5.41) is 1.05. The third-order valence-electron chi connectivity index (χ3n) is 4.19. The lowest BCUT2D eigenvalue weighted by Gasteiger charge is -2.26. The Kier molecular flexibility index (Phi) is 3.35. The minimum atomic E-state index is 0.343. The molecule has 2 nitrogen and oxygen atoms in total. The first-order chi connectivity index (χ1) is 7.46. The van der Waals surface area contributed by atoms with Crippen molar-refractivity contribution in [3.05, 3.63) is 0 Å². The second-order valence-corrected chi connectivity index (χ2v) is 6.92. The zero-order chi connectivity index (χ0) is 11.8. The highest BCUT2D eigenvalue weighted by Gasteiger charge is 2.44. The van der Waals surface area contributed by atoms with Gasteiger partial charge in [-0.2, -0.15) is 0 Å². The van der Waals surface area contributed by atoms with Gasteiger partial charge in [0.25, 0.3) is 0 Å². The second-order valence-electron chi connectivity index (χ2n) is 6.36. The molecule has 1 aliphatic heterocycles. The molecule has 0 spiro atoms. The molecule has 1 saturated carbocycles. The highest BCUT2D eigenvalue weighted by Crippen LogP contribution is 2.48. The monoisotopic (exact) mass is 287 g/mol. The van der Waals surface area contributed by atoms with Gasteiger partial charge in [-0.15, -0.1) is 0 Å². The van der Waals surface area contributed by atoms with Crippen LogP contribution in [-0.4, -0.2) is 29.2 Å². The Hall–Kier alpha value is -0.0500. The minimum Gasteiger partial charge on any atom is -0.342 e. The summed E-state index contributed by atoms with van der Waals surface area (Å²) in [6.07, 6.45) is 5.50. The molecule has 0 unspecified atom stereocenters. The zero-order valence-electron chi connectivity index (χ0n) is 10.4. The topological polar surface area (TPSA) is 20.3 Å². The molecule has 2 rings (SSSR count). The molecule has 1 amide bonds. The van der Waals surface area contributed by atoms with Crippen LogP contribution in [0.1, 0.15) is 46.0 Å². The summed E-state index contributed by atoms with van der Waals surface area (Å²) in [5.41, 5.74) is 0.764. The van der Waals surface area contributed by atoms with E-state index in [9.17, 15) is 4.79 Å². The number of rotatable bonds is 3. The lowest BCUT2D eigenvalue weighted by atomic mass is 9.85. The number of hydrogen-bond acceptors (Lipinski definition) is 1. The van der Waals surface area contributed by atoms with Crippen molar-refractivity contribution in [1.82, 2.24) is 4.90 Å². The van der Waals surface area contributed by atoms with Crippen LogP contribution in [0.2, 0.25) is 0 Å². The van der Waals surface area contributed by atoms with Crippen LogP contribution in [0.3, 0.4) is 0 Å². The molecule has 3 heteroatoms. The third kappa shape index (κ3) is 2.79. The van der Waals surface area contributed by atoms with E-state index in [0.717, 1.165) is 37.7 Å². The Bertz CT molecular complexity index is 284. The minimum absolute atomic E-state index is 0.343. The van der Waals surface area contributed by atoms with E-state index >= 15 is 0 Å². The quantitative estimate of drug-likeness (QED) is 0.730. The van der Waals surface area contributed by atoms with Gasteiger partial charge in [0.2, 0.25) is 5.91 Å². The smallest absolute Gasteiger partial charge is 0.222 e. The summed E-state index contributed by atoms with van der Waals surface area (Å²) >= 11 is 3.58. The zero-order valence-corrected chi connectivity index (χ0v) is 12.0. The fourth-order valence-corrected chi connectivity index (χ4v) is 3.11. The second kappa shape index (κ2) is 4.32. The Morgan fingerprint density at radius 2 is 1.94 bits per heavy atom. The molecule has 1 heterocycles. The SMILES string of the molecule is CC1(C)CCC(=O)N(CC2(CBr)CC2)CC1. The van der Waals surface area contributed by atoms with Gasteiger partial charge in [-0.25, -0.2) is 0 Å². The van der Waals surface area contributed by atoms with Gasteiger partial charge >= 0.3 is 0 Å². The van der Waals surface area contributed by atoms with Crippen LogP contribution in [0.5, 0.6) is 0 Å². The maximum absolute atomic E-state index is 12.0. The number of likely N-dealkylation sites (tertiary alicyclic amines) is 1. The summed E-state index contributed by atoms with van der Waals surface area (Å²) in [6.45, 7) is 6.50. The maximum Gasteiger partial charge on any atom is 0.222 e. The number of hydrogen-bond donors (Lipinski definition) is 0. The molecule has 0 atom stereocenters. The molecular weight excluding hydrogens is 266 g/mol. The number of carbonyl (C=O) groups is 1. The van der Waals surface area contributed by atoms with E-state index in [-0.39, 0.29) is 0 Å². The first-order valence-corrected chi connectivity index (χ1v) is 7.42. The van der Waals surface area contributed by atoms with Crippen LogP contribution in [-0.2, 0) is 4.79 Å². The van der Waals surface area contributed by atoms with Crippen molar-refractivity contribution in [2.45, 2.75) is 46.0 Å². The van der Waals surface area contributed by atoms with Crippen molar-refractivity contribution in [2.24, 2.45) is 10.8 Å². The van der Waals surface area contributed by atoms with E-state index in [2.05, 4.69) is 34.7 Å². The van der Waals surface area contributed by atoms with Gasteiger partial charge in [0.05, 0.1) is 0 Å². The largest absolute Gasteiger partial charge is 0.342 e. The Balaban J connectivity index is 1.96. The Morgan fingerprint density at radius 1 is 1.25 bits per heavy atom. The molecule has 0 aromatic rings. The summed E-state index contributed by atoms with van der Waals surface area (Å²) in [6, 6.07) is 0. The predicted octanol–water partition coefficient (Wildman–Crippen LogP) is 3.20. The van der Waals surface area contributed by atoms with Crippen LogP contribution in [0.15, 0.2) is 0 Å². The van der Waals surface area contributed by atoms with Gasteiger partial charge < -0.3 is 4.90 Å². The standard InChI is InChI=1S/C13H22BrNO/c1-12(2)4-3-11(16)15(8-7-12)10-13(9-14)5-6-13/h3-10H2,1-2H3. The van der Waals surface area contributed by atoms with E-state index < -0.39 is 0 Å². The van der Waals surface area contributed by atoms with Gasteiger partial charge in [0, 0.05) is 24.8 Å². The average molecular weight is 288 g/mol. The summed E-state index contributed by atoms with van der Waals surface area (Å²) in [5.74, 6) is 0.373. The highest BCUT2D eigenvalue weighted by molar-refractivity contribution is 9.09. The fraction of sp³-hybridized carbons (Fsp3) is 0.923.